The van der Waals surface area contributed by atoms with Crippen LogP contribution in [0.25, 0.3) is 0 Å². The van der Waals surface area contributed by atoms with Gasteiger partial charge in [0.25, 0.3) is 0 Å². The molecule has 0 aromatic carbocycles. The molecule has 2 heterocycles. The van der Waals surface area contributed by atoms with Crippen LogP contribution in [-0.2, 0) is 0 Å². The minimum atomic E-state index is 0.467. The number of nitrogens with zero attached hydrogens (tertiary/aromatic N) is 3. The first kappa shape index (κ1) is 11.4. The van der Waals surface area contributed by atoms with E-state index in [2.05, 4.69) is 20.4 Å². The molecule has 6 heteroatoms. The molecule has 0 atom stereocenters. The van der Waals surface area contributed by atoms with Gasteiger partial charge in [-0.25, -0.2) is 4.98 Å². The molecule has 0 aliphatic heterocycles. The SMILES string of the molecule is NNc1ccc(Cl)nc1.c1cnccn1. The normalized spacial score (nSPS) is 8.67. The zero-order valence-electron chi connectivity index (χ0n) is 7.84. The van der Waals surface area contributed by atoms with Crippen LogP contribution >= 0.6 is 11.6 Å². The highest BCUT2D eigenvalue weighted by Gasteiger charge is 1.87. The lowest BCUT2D eigenvalue weighted by molar-refractivity contribution is 1.20. The summed E-state index contributed by atoms with van der Waals surface area (Å²) in [4.78, 5) is 11.2. The Morgan fingerprint density at radius 2 is 1.67 bits per heavy atom. The van der Waals surface area contributed by atoms with Gasteiger partial charge >= 0.3 is 0 Å². The fourth-order valence-electron chi connectivity index (χ4n) is 0.715. The summed E-state index contributed by atoms with van der Waals surface area (Å²) in [5.41, 5.74) is 3.18. The predicted octanol–water partition coefficient (Wildman–Crippen LogP) is 1.50. The molecule has 0 fully saturated rings. The third-order valence-electron chi connectivity index (χ3n) is 1.37. The molecule has 3 N–H and O–H groups in total. The van der Waals surface area contributed by atoms with E-state index >= 15 is 0 Å². The summed E-state index contributed by atoms with van der Waals surface area (Å²) in [6.45, 7) is 0. The Balaban J connectivity index is 0.000000162. The minimum Gasteiger partial charge on any atom is -0.323 e. The number of nitrogen functional groups attached to an aromatic ring is 1. The molecule has 0 spiro atoms. The van der Waals surface area contributed by atoms with Gasteiger partial charge in [-0.2, -0.15) is 0 Å². The van der Waals surface area contributed by atoms with Crippen molar-refractivity contribution in [1.29, 1.82) is 0 Å². The maximum atomic E-state index is 5.49. The molecule has 5 nitrogen and oxygen atoms in total. The number of pyridine rings is 1. The molecule has 0 unspecified atom stereocenters. The van der Waals surface area contributed by atoms with Crippen LogP contribution in [0.2, 0.25) is 5.15 Å². The molecule has 0 amide bonds. The van der Waals surface area contributed by atoms with Crippen LogP contribution in [-0.4, -0.2) is 15.0 Å². The predicted molar refractivity (Wildman–Crippen MR) is 59.1 cm³/mol. The van der Waals surface area contributed by atoms with Gasteiger partial charge in [0, 0.05) is 24.8 Å². The first-order chi connectivity index (χ1) is 7.33. The summed E-state index contributed by atoms with van der Waals surface area (Å²) in [7, 11) is 0. The largest absolute Gasteiger partial charge is 0.323 e. The van der Waals surface area contributed by atoms with Crippen LogP contribution < -0.4 is 11.3 Å². The zero-order valence-corrected chi connectivity index (χ0v) is 8.59. The molecule has 0 saturated carbocycles. The third-order valence-corrected chi connectivity index (χ3v) is 1.60. The van der Waals surface area contributed by atoms with E-state index in [-0.39, 0.29) is 0 Å². The summed E-state index contributed by atoms with van der Waals surface area (Å²) in [6, 6.07) is 3.41. The van der Waals surface area contributed by atoms with Crippen LogP contribution in [0.4, 0.5) is 5.69 Å². The topological polar surface area (TPSA) is 76.7 Å². The number of aromatic nitrogens is 3. The Labute approximate surface area is 92.3 Å². The summed E-state index contributed by atoms with van der Waals surface area (Å²) in [6.07, 6.45) is 8.11. The van der Waals surface area contributed by atoms with E-state index in [1.54, 1.807) is 43.1 Å². The van der Waals surface area contributed by atoms with Gasteiger partial charge in [-0.15, -0.1) is 0 Å². The number of anilines is 1. The lowest BCUT2D eigenvalue weighted by Crippen LogP contribution is -2.06. The van der Waals surface area contributed by atoms with Gasteiger partial charge in [0.05, 0.1) is 11.9 Å². The Bertz CT molecular complexity index is 337. The first-order valence-corrected chi connectivity index (χ1v) is 4.49. The van der Waals surface area contributed by atoms with Crippen molar-refractivity contribution in [3.05, 3.63) is 48.3 Å². The van der Waals surface area contributed by atoms with Gasteiger partial charge in [-0.3, -0.25) is 15.8 Å². The van der Waals surface area contributed by atoms with Crippen LogP contribution in [0.3, 0.4) is 0 Å². The highest BCUT2D eigenvalue weighted by atomic mass is 35.5. The highest BCUT2D eigenvalue weighted by molar-refractivity contribution is 6.29. The maximum Gasteiger partial charge on any atom is 0.129 e. The van der Waals surface area contributed by atoms with E-state index in [1.165, 1.54) is 0 Å². The molecule has 2 aromatic heterocycles. The quantitative estimate of drug-likeness (QED) is 0.435. The second-order valence-corrected chi connectivity index (χ2v) is 2.80. The summed E-state index contributed by atoms with van der Waals surface area (Å²) in [5, 5.41) is 0.467. The maximum absolute atomic E-state index is 5.49. The fourth-order valence-corrected chi connectivity index (χ4v) is 0.826. The zero-order chi connectivity index (χ0) is 10.9. The molecule has 0 aliphatic carbocycles. The number of rotatable bonds is 1. The number of hydrogen-bond donors (Lipinski definition) is 2. The van der Waals surface area contributed by atoms with E-state index in [4.69, 9.17) is 17.4 Å². The average Bonchev–Trinajstić information content (AvgIpc) is 2.33. The molecule has 0 aliphatic rings. The van der Waals surface area contributed by atoms with E-state index in [1.807, 2.05) is 0 Å². The lowest BCUT2D eigenvalue weighted by Gasteiger charge is -1.95. The molecule has 2 rings (SSSR count). The lowest BCUT2D eigenvalue weighted by atomic mass is 10.4. The third kappa shape index (κ3) is 4.90. The van der Waals surface area contributed by atoms with Gasteiger partial charge in [-0.1, -0.05) is 11.6 Å². The van der Waals surface area contributed by atoms with Crippen molar-refractivity contribution in [3.63, 3.8) is 0 Å². The van der Waals surface area contributed by atoms with Crippen molar-refractivity contribution >= 4 is 17.3 Å². The monoisotopic (exact) mass is 223 g/mol. The molecular formula is C9H10ClN5. The van der Waals surface area contributed by atoms with Gasteiger partial charge in [0.1, 0.15) is 5.15 Å². The van der Waals surface area contributed by atoms with Gasteiger partial charge < -0.3 is 5.43 Å². The molecular weight excluding hydrogens is 214 g/mol. The van der Waals surface area contributed by atoms with Crippen molar-refractivity contribution in [2.75, 3.05) is 5.43 Å². The van der Waals surface area contributed by atoms with Gasteiger partial charge in [0.2, 0.25) is 0 Å². The van der Waals surface area contributed by atoms with Crippen molar-refractivity contribution in [2.24, 2.45) is 5.84 Å². The summed E-state index contributed by atoms with van der Waals surface area (Å²) >= 11 is 5.49. The highest BCUT2D eigenvalue weighted by Crippen LogP contribution is 2.07. The Morgan fingerprint density at radius 1 is 1.07 bits per heavy atom. The van der Waals surface area contributed by atoms with Crippen LogP contribution in [0.1, 0.15) is 0 Å². The first-order valence-electron chi connectivity index (χ1n) is 4.11. The Kier molecular flexibility index (Phi) is 5.07. The molecule has 78 valence electrons. The molecule has 0 saturated heterocycles. The van der Waals surface area contributed by atoms with E-state index in [0.29, 0.717) is 5.15 Å². The van der Waals surface area contributed by atoms with Crippen molar-refractivity contribution in [1.82, 2.24) is 15.0 Å². The van der Waals surface area contributed by atoms with Crippen LogP contribution in [0, 0.1) is 0 Å². The molecule has 2 aromatic rings. The van der Waals surface area contributed by atoms with E-state index < -0.39 is 0 Å². The number of hydrazine groups is 1. The van der Waals surface area contributed by atoms with E-state index in [0.717, 1.165) is 5.69 Å². The smallest absolute Gasteiger partial charge is 0.129 e. The second-order valence-electron chi connectivity index (χ2n) is 2.41. The van der Waals surface area contributed by atoms with Gasteiger partial charge in [0.15, 0.2) is 0 Å². The number of hydrogen-bond acceptors (Lipinski definition) is 5. The number of halogens is 1. The Hall–Kier alpha value is -1.72. The average molecular weight is 224 g/mol. The number of nitrogens with one attached hydrogen (secondary N) is 1. The molecule has 15 heavy (non-hydrogen) atoms. The van der Waals surface area contributed by atoms with Crippen molar-refractivity contribution < 1.29 is 0 Å². The molecule has 0 bridgehead atoms. The summed E-state index contributed by atoms with van der Waals surface area (Å²) < 4.78 is 0. The Morgan fingerprint density at radius 3 is 2.00 bits per heavy atom. The van der Waals surface area contributed by atoms with Crippen molar-refractivity contribution in [2.45, 2.75) is 0 Å². The van der Waals surface area contributed by atoms with Crippen molar-refractivity contribution in [3.8, 4) is 0 Å². The van der Waals surface area contributed by atoms with Gasteiger partial charge in [-0.05, 0) is 12.1 Å². The molecule has 0 radical (unpaired) electrons. The second kappa shape index (κ2) is 6.69. The summed E-state index contributed by atoms with van der Waals surface area (Å²) in [5.74, 6) is 5.07. The number of nitrogens with two attached hydrogens (primary N) is 1. The van der Waals surface area contributed by atoms with Crippen LogP contribution in [0.5, 0.6) is 0 Å². The minimum absolute atomic E-state index is 0.467. The fraction of sp³-hybridized carbons (Fsp3) is 0. The standard InChI is InChI=1S/C5H6ClN3.C4H4N2/c6-5-2-1-4(9-7)3-8-5;1-2-6-4-3-5-1/h1-3,9H,7H2;1-4H. The van der Waals surface area contributed by atoms with E-state index in [9.17, 15) is 0 Å². The van der Waals surface area contributed by atoms with Crippen LogP contribution in [0.15, 0.2) is 43.1 Å².